The average molecular weight is 399 g/mol. The fraction of sp³-hybridized carbons (Fsp3) is 0.364. The summed E-state index contributed by atoms with van der Waals surface area (Å²) in [5.41, 5.74) is 2.88. The molecule has 0 bridgehead atoms. The van der Waals surface area contributed by atoms with E-state index < -0.39 is 0 Å². The molecule has 2 aromatic rings. The van der Waals surface area contributed by atoms with Crippen LogP contribution in [0.5, 0.6) is 0 Å². The largest absolute Gasteiger partial charge is 0.383 e. The molecule has 0 radical (unpaired) electrons. The molecular formula is C22H26N2O3S. The number of nitrogens with zero attached hydrogens (tertiary/aromatic N) is 1. The minimum absolute atomic E-state index is 0.000684. The van der Waals surface area contributed by atoms with E-state index in [0.717, 1.165) is 12.0 Å². The zero-order valence-corrected chi connectivity index (χ0v) is 17.1. The SMILES string of the molecule is COC[C@H](C)NC(=O)c1ccc([C@H]2SCC(=O)N2CCc2ccccc2)cc1. The van der Waals surface area contributed by atoms with Crippen molar-refractivity contribution >= 4 is 23.6 Å². The van der Waals surface area contributed by atoms with Crippen LogP contribution in [0.25, 0.3) is 0 Å². The van der Waals surface area contributed by atoms with Crippen LogP contribution in [-0.4, -0.2) is 48.8 Å². The number of carbonyl (C=O) groups excluding carboxylic acids is 2. The van der Waals surface area contributed by atoms with Crippen LogP contribution in [-0.2, 0) is 16.0 Å². The standard InChI is InChI=1S/C22H26N2O3S/c1-16(14-27-2)23-21(26)18-8-10-19(11-9-18)22-24(20(25)15-28-22)13-12-17-6-4-3-5-7-17/h3-11,16,22H,12-15H2,1-2H3,(H,23,26)/t16-,22+/m0/s1. The third kappa shape index (κ3) is 5.14. The Kier molecular flexibility index (Phi) is 7.12. The second-order valence-corrected chi connectivity index (χ2v) is 8.01. The van der Waals surface area contributed by atoms with Crippen molar-refractivity contribution in [3.8, 4) is 0 Å². The minimum atomic E-state index is -0.118. The molecule has 28 heavy (non-hydrogen) atoms. The first-order valence-electron chi connectivity index (χ1n) is 9.43. The van der Waals surface area contributed by atoms with Crippen molar-refractivity contribution in [2.75, 3.05) is 26.0 Å². The average Bonchev–Trinajstić information content (AvgIpc) is 3.08. The molecule has 148 valence electrons. The Morgan fingerprint density at radius 2 is 1.93 bits per heavy atom. The molecule has 1 aliphatic heterocycles. The van der Waals surface area contributed by atoms with Crippen molar-refractivity contribution in [2.45, 2.75) is 24.8 Å². The third-order valence-electron chi connectivity index (χ3n) is 4.70. The first-order chi connectivity index (χ1) is 13.6. The molecule has 2 amide bonds. The lowest BCUT2D eigenvalue weighted by Crippen LogP contribution is -2.35. The number of rotatable bonds is 8. The Labute approximate surface area is 170 Å². The van der Waals surface area contributed by atoms with Crippen molar-refractivity contribution in [3.63, 3.8) is 0 Å². The maximum Gasteiger partial charge on any atom is 0.251 e. The summed E-state index contributed by atoms with van der Waals surface area (Å²) in [7, 11) is 1.61. The summed E-state index contributed by atoms with van der Waals surface area (Å²) in [6.45, 7) is 3.07. The number of carbonyl (C=O) groups is 2. The van der Waals surface area contributed by atoms with Gasteiger partial charge in [-0.2, -0.15) is 0 Å². The number of ether oxygens (including phenoxy) is 1. The zero-order valence-electron chi connectivity index (χ0n) is 16.3. The van der Waals surface area contributed by atoms with E-state index in [4.69, 9.17) is 4.74 Å². The lowest BCUT2D eigenvalue weighted by Gasteiger charge is -2.24. The Morgan fingerprint density at radius 1 is 1.21 bits per heavy atom. The molecule has 1 fully saturated rings. The van der Waals surface area contributed by atoms with Crippen molar-refractivity contribution in [3.05, 3.63) is 71.3 Å². The lowest BCUT2D eigenvalue weighted by atomic mass is 10.1. The van der Waals surface area contributed by atoms with Crippen LogP contribution in [0.4, 0.5) is 0 Å². The van der Waals surface area contributed by atoms with Crippen LogP contribution in [0.15, 0.2) is 54.6 Å². The number of methoxy groups -OCH3 is 1. The molecule has 0 spiro atoms. The summed E-state index contributed by atoms with van der Waals surface area (Å²) in [6, 6.07) is 17.7. The highest BCUT2D eigenvalue weighted by Gasteiger charge is 2.32. The highest BCUT2D eigenvalue weighted by molar-refractivity contribution is 8.00. The molecule has 2 atom stereocenters. The molecule has 1 heterocycles. The maximum atomic E-state index is 12.4. The number of benzene rings is 2. The van der Waals surface area contributed by atoms with E-state index in [0.29, 0.717) is 24.5 Å². The van der Waals surface area contributed by atoms with Gasteiger partial charge in [0.05, 0.1) is 12.4 Å². The van der Waals surface area contributed by atoms with Crippen LogP contribution in [0.1, 0.15) is 33.8 Å². The number of hydrogen-bond acceptors (Lipinski definition) is 4. The fourth-order valence-electron chi connectivity index (χ4n) is 3.26. The van der Waals surface area contributed by atoms with Crippen LogP contribution in [0.3, 0.4) is 0 Å². The molecule has 6 heteroatoms. The molecule has 1 N–H and O–H groups in total. The Hall–Kier alpha value is -2.31. The molecule has 1 aliphatic rings. The van der Waals surface area contributed by atoms with Gasteiger partial charge in [0.15, 0.2) is 0 Å². The molecule has 0 aromatic heterocycles. The van der Waals surface area contributed by atoms with E-state index in [1.165, 1.54) is 5.56 Å². The van der Waals surface area contributed by atoms with Crippen molar-refractivity contribution < 1.29 is 14.3 Å². The van der Waals surface area contributed by atoms with E-state index >= 15 is 0 Å². The monoisotopic (exact) mass is 398 g/mol. The summed E-state index contributed by atoms with van der Waals surface area (Å²) in [6.07, 6.45) is 0.835. The Balaban J connectivity index is 1.64. The zero-order chi connectivity index (χ0) is 19.9. The van der Waals surface area contributed by atoms with Crippen molar-refractivity contribution in [2.24, 2.45) is 0 Å². The third-order valence-corrected chi connectivity index (χ3v) is 5.96. The summed E-state index contributed by atoms with van der Waals surface area (Å²) >= 11 is 1.64. The van der Waals surface area contributed by atoms with Gasteiger partial charge in [-0.25, -0.2) is 0 Å². The number of hydrogen-bond donors (Lipinski definition) is 1. The molecule has 0 unspecified atom stereocenters. The van der Waals surface area contributed by atoms with Gasteiger partial charge in [0.2, 0.25) is 5.91 Å². The van der Waals surface area contributed by atoms with Gasteiger partial charge in [-0.15, -0.1) is 11.8 Å². The highest BCUT2D eigenvalue weighted by atomic mass is 32.2. The van der Waals surface area contributed by atoms with Gasteiger partial charge < -0.3 is 15.0 Å². The molecule has 3 rings (SSSR count). The van der Waals surface area contributed by atoms with Gasteiger partial charge in [0.1, 0.15) is 5.37 Å². The molecular weight excluding hydrogens is 372 g/mol. The smallest absolute Gasteiger partial charge is 0.251 e. The number of amides is 2. The molecule has 0 aliphatic carbocycles. The van der Waals surface area contributed by atoms with Crippen LogP contribution in [0.2, 0.25) is 0 Å². The Bertz CT molecular complexity index is 795. The quantitative estimate of drug-likeness (QED) is 0.741. The summed E-state index contributed by atoms with van der Waals surface area (Å²) < 4.78 is 5.05. The van der Waals surface area contributed by atoms with Gasteiger partial charge in [0, 0.05) is 25.3 Å². The van der Waals surface area contributed by atoms with Crippen LogP contribution in [0, 0.1) is 0 Å². The van der Waals surface area contributed by atoms with Gasteiger partial charge >= 0.3 is 0 Å². The Morgan fingerprint density at radius 3 is 2.61 bits per heavy atom. The molecule has 0 saturated carbocycles. The van der Waals surface area contributed by atoms with E-state index in [9.17, 15) is 9.59 Å². The summed E-state index contributed by atoms with van der Waals surface area (Å²) in [4.78, 5) is 26.6. The minimum Gasteiger partial charge on any atom is -0.383 e. The predicted octanol–water partition coefficient (Wildman–Crippen LogP) is 3.27. The summed E-state index contributed by atoms with van der Waals surface area (Å²) in [5, 5.41) is 2.91. The molecule has 5 nitrogen and oxygen atoms in total. The second-order valence-electron chi connectivity index (χ2n) is 6.94. The van der Waals surface area contributed by atoms with Gasteiger partial charge in [-0.05, 0) is 36.6 Å². The van der Waals surface area contributed by atoms with Crippen LogP contribution < -0.4 is 5.32 Å². The van der Waals surface area contributed by atoms with E-state index in [-0.39, 0.29) is 23.2 Å². The first kappa shape index (κ1) is 20.4. The lowest BCUT2D eigenvalue weighted by molar-refractivity contribution is -0.128. The molecule has 1 saturated heterocycles. The second kappa shape index (κ2) is 9.75. The topological polar surface area (TPSA) is 58.6 Å². The maximum absolute atomic E-state index is 12.4. The van der Waals surface area contributed by atoms with Gasteiger partial charge in [-0.1, -0.05) is 42.5 Å². The van der Waals surface area contributed by atoms with Crippen LogP contribution >= 0.6 is 11.8 Å². The first-order valence-corrected chi connectivity index (χ1v) is 10.5. The van der Waals surface area contributed by atoms with Gasteiger partial charge in [0.25, 0.3) is 5.91 Å². The highest BCUT2D eigenvalue weighted by Crippen LogP contribution is 2.38. The number of thioether (sulfide) groups is 1. The number of nitrogens with one attached hydrogen (secondary N) is 1. The van der Waals surface area contributed by atoms with Gasteiger partial charge in [-0.3, -0.25) is 9.59 Å². The van der Waals surface area contributed by atoms with E-state index in [2.05, 4.69) is 17.4 Å². The van der Waals surface area contributed by atoms with Crippen molar-refractivity contribution in [1.29, 1.82) is 0 Å². The van der Waals surface area contributed by atoms with Crippen molar-refractivity contribution in [1.82, 2.24) is 10.2 Å². The normalized spacial score (nSPS) is 17.6. The summed E-state index contributed by atoms with van der Waals surface area (Å²) in [5.74, 6) is 0.546. The molecule has 2 aromatic carbocycles. The predicted molar refractivity (Wildman–Crippen MR) is 112 cm³/mol. The fourth-order valence-corrected chi connectivity index (χ4v) is 4.48. The van der Waals surface area contributed by atoms with E-state index in [1.807, 2.05) is 54.3 Å². The van der Waals surface area contributed by atoms with E-state index in [1.54, 1.807) is 18.9 Å².